The lowest BCUT2D eigenvalue weighted by Gasteiger charge is -2.02. The summed E-state index contributed by atoms with van der Waals surface area (Å²) in [5, 5.41) is 15.3. The molecule has 7 nitrogen and oxygen atoms in total. The van der Waals surface area contributed by atoms with Gasteiger partial charge in [-0.2, -0.15) is 0 Å². The monoisotopic (exact) mass is 350 g/mol. The maximum atomic E-state index is 10.5. The van der Waals surface area contributed by atoms with E-state index in [1.807, 2.05) is 0 Å². The summed E-state index contributed by atoms with van der Waals surface area (Å²) in [7, 11) is 0. The van der Waals surface area contributed by atoms with Crippen molar-refractivity contribution >= 4 is 28.8 Å². The Kier molecular flexibility index (Phi) is 25.2. The maximum Gasteiger partial charge on any atom is 0.330 e. The summed E-state index contributed by atoms with van der Waals surface area (Å²) in [4.78, 5) is 30.5. The van der Waals surface area contributed by atoms with Gasteiger partial charge in [-0.15, -0.1) is 0 Å². The molecular weight excluding hydrogens is 328 g/mol. The molecule has 2 N–H and O–H groups in total. The molecule has 0 bridgehead atoms. The summed E-state index contributed by atoms with van der Waals surface area (Å²) in [6.45, 7) is 10.2. The Bertz CT molecular complexity index is 343. The van der Waals surface area contributed by atoms with Gasteiger partial charge in [0, 0.05) is 31.8 Å². The van der Waals surface area contributed by atoms with Crippen LogP contribution in [-0.2, 0) is 23.9 Å². The first-order chi connectivity index (χ1) is 10.9. The second-order valence-corrected chi connectivity index (χ2v) is 3.78. The highest BCUT2D eigenvalue weighted by Crippen LogP contribution is 1.88. The highest BCUT2D eigenvalue weighted by atomic mass is 35.5. The minimum absolute atomic E-state index is 0.0938. The average molecular weight is 351 g/mol. The standard InChI is InChI=1S/C9H12O4.C3H3ClO.C3H8O2/c1-3-8(10)12-6-5-7-13-9(11)4-2;1-2-3(4)5;4-2-1-3-5/h3-4H,1-2,5-7H2;2H,1H2;4-5H,1-3H2. The first kappa shape index (κ1) is 26.0. The van der Waals surface area contributed by atoms with E-state index >= 15 is 0 Å². The Morgan fingerprint density at radius 3 is 1.35 bits per heavy atom. The molecule has 0 unspecified atom stereocenters. The van der Waals surface area contributed by atoms with Crippen molar-refractivity contribution in [1.29, 1.82) is 0 Å². The van der Waals surface area contributed by atoms with Crippen molar-refractivity contribution in [2.24, 2.45) is 0 Å². The summed E-state index contributed by atoms with van der Waals surface area (Å²) in [6, 6.07) is 0. The Labute approximate surface area is 140 Å². The van der Waals surface area contributed by atoms with Crippen molar-refractivity contribution in [3.05, 3.63) is 38.0 Å². The Hall–Kier alpha value is -1.96. The van der Waals surface area contributed by atoms with Crippen LogP contribution in [0.1, 0.15) is 12.8 Å². The van der Waals surface area contributed by atoms with E-state index in [9.17, 15) is 14.4 Å². The lowest BCUT2D eigenvalue weighted by molar-refractivity contribution is -0.140. The van der Waals surface area contributed by atoms with Crippen LogP contribution in [0, 0.1) is 0 Å². The van der Waals surface area contributed by atoms with Crippen LogP contribution in [0.3, 0.4) is 0 Å². The van der Waals surface area contributed by atoms with Crippen molar-refractivity contribution in [1.82, 2.24) is 0 Å². The minimum atomic E-state index is -0.509. The molecule has 0 aliphatic rings. The number of carbonyl (C=O) groups is 3. The second kappa shape index (κ2) is 22.3. The highest BCUT2D eigenvalue weighted by Gasteiger charge is 1.97. The lowest BCUT2D eigenvalue weighted by Crippen LogP contribution is -2.07. The van der Waals surface area contributed by atoms with Crippen LogP contribution in [0.4, 0.5) is 0 Å². The van der Waals surface area contributed by atoms with Crippen LogP contribution in [-0.4, -0.2) is 53.8 Å². The van der Waals surface area contributed by atoms with Gasteiger partial charge >= 0.3 is 11.9 Å². The van der Waals surface area contributed by atoms with Gasteiger partial charge in [-0.05, 0) is 24.1 Å². The van der Waals surface area contributed by atoms with Gasteiger partial charge in [0.25, 0.3) is 0 Å². The fourth-order valence-electron chi connectivity index (χ4n) is 0.593. The normalized spacial score (nSPS) is 8.13. The fourth-order valence-corrected chi connectivity index (χ4v) is 0.593. The van der Waals surface area contributed by atoms with Gasteiger partial charge in [0.1, 0.15) is 0 Å². The molecule has 23 heavy (non-hydrogen) atoms. The Morgan fingerprint density at radius 2 is 1.17 bits per heavy atom. The number of carbonyl (C=O) groups excluding carboxylic acids is 3. The molecule has 0 aromatic carbocycles. The van der Waals surface area contributed by atoms with Gasteiger partial charge in [0.15, 0.2) is 0 Å². The molecule has 0 saturated carbocycles. The summed E-state index contributed by atoms with van der Waals surface area (Å²) in [5.74, 6) is -0.954. The number of halogens is 1. The molecule has 0 rings (SSSR count). The number of hydrogen-bond donors (Lipinski definition) is 2. The topological polar surface area (TPSA) is 110 Å². The minimum Gasteiger partial charge on any atom is -0.462 e. The van der Waals surface area contributed by atoms with Crippen LogP contribution in [0.25, 0.3) is 0 Å². The number of aliphatic hydroxyl groups is 2. The molecule has 0 heterocycles. The van der Waals surface area contributed by atoms with E-state index in [0.29, 0.717) is 12.8 Å². The zero-order valence-corrected chi connectivity index (χ0v) is 13.7. The molecule has 8 heteroatoms. The highest BCUT2D eigenvalue weighted by molar-refractivity contribution is 6.66. The van der Waals surface area contributed by atoms with Crippen LogP contribution in [0.2, 0.25) is 0 Å². The van der Waals surface area contributed by atoms with E-state index in [1.54, 1.807) is 0 Å². The van der Waals surface area contributed by atoms with Crippen LogP contribution >= 0.6 is 11.6 Å². The zero-order valence-electron chi connectivity index (χ0n) is 12.9. The lowest BCUT2D eigenvalue weighted by atomic mass is 10.5. The van der Waals surface area contributed by atoms with Crippen LogP contribution in [0.5, 0.6) is 0 Å². The second-order valence-electron chi connectivity index (χ2n) is 3.41. The fraction of sp³-hybridized carbons (Fsp3) is 0.400. The number of rotatable bonds is 9. The van der Waals surface area contributed by atoms with Crippen molar-refractivity contribution in [2.75, 3.05) is 26.4 Å². The Balaban J connectivity index is -0.000000329. The predicted molar refractivity (Wildman–Crippen MR) is 86.8 cm³/mol. The number of esters is 2. The van der Waals surface area contributed by atoms with Crippen LogP contribution in [0.15, 0.2) is 38.0 Å². The molecule has 0 aromatic rings. The molecule has 0 radical (unpaired) electrons. The molecule has 0 aromatic heterocycles. The summed E-state index contributed by atoms with van der Waals surface area (Å²) in [5.41, 5.74) is 0. The largest absolute Gasteiger partial charge is 0.462 e. The third-order valence-corrected chi connectivity index (χ3v) is 1.74. The SMILES string of the molecule is C=CC(=O)Cl.C=CC(=O)OCCCOC(=O)C=C.OCCCO. The molecule has 0 saturated heterocycles. The number of allylic oxidation sites excluding steroid dienone is 1. The summed E-state index contributed by atoms with van der Waals surface area (Å²) in [6.07, 6.45) is 4.17. The smallest absolute Gasteiger partial charge is 0.330 e. The molecule has 0 spiro atoms. The summed E-state index contributed by atoms with van der Waals surface area (Å²) >= 11 is 4.71. The molecule has 0 fully saturated rings. The maximum absolute atomic E-state index is 10.5. The van der Waals surface area contributed by atoms with Gasteiger partial charge in [-0.1, -0.05) is 19.7 Å². The zero-order chi connectivity index (χ0) is 18.5. The van der Waals surface area contributed by atoms with Crippen molar-refractivity contribution < 1.29 is 34.1 Å². The Morgan fingerprint density at radius 1 is 0.826 bits per heavy atom. The molecule has 0 aliphatic heterocycles. The van der Waals surface area contributed by atoms with E-state index in [-0.39, 0.29) is 26.4 Å². The van der Waals surface area contributed by atoms with Gasteiger partial charge in [0.05, 0.1) is 13.2 Å². The predicted octanol–water partition coefficient (Wildman–Crippen LogP) is 1.13. The van der Waals surface area contributed by atoms with Crippen molar-refractivity contribution in [2.45, 2.75) is 12.8 Å². The first-order valence-electron chi connectivity index (χ1n) is 6.51. The van der Waals surface area contributed by atoms with Crippen LogP contribution < -0.4 is 0 Å². The number of hydrogen-bond acceptors (Lipinski definition) is 7. The van der Waals surface area contributed by atoms with Gasteiger partial charge in [-0.3, -0.25) is 4.79 Å². The first-order valence-corrected chi connectivity index (χ1v) is 6.89. The quantitative estimate of drug-likeness (QED) is 0.277. The van der Waals surface area contributed by atoms with E-state index in [4.69, 9.17) is 21.8 Å². The molecule has 0 aliphatic carbocycles. The molecule has 0 amide bonds. The van der Waals surface area contributed by atoms with Crippen molar-refractivity contribution in [3.63, 3.8) is 0 Å². The van der Waals surface area contributed by atoms with Crippen molar-refractivity contribution in [3.8, 4) is 0 Å². The summed E-state index contributed by atoms with van der Waals surface area (Å²) < 4.78 is 9.27. The number of aliphatic hydroxyl groups excluding tert-OH is 2. The van der Waals surface area contributed by atoms with E-state index in [1.165, 1.54) is 0 Å². The van der Waals surface area contributed by atoms with Gasteiger partial charge in [0.2, 0.25) is 5.24 Å². The van der Waals surface area contributed by atoms with E-state index in [0.717, 1.165) is 18.2 Å². The molecule has 132 valence electrons. The molecular formula is C15H23ClO7. The average Bonchev–Trinajstić information content (AvgIpc) is 2.55. The van der Waals surface area contributed by atoms with E-state index in [2.05, 4.69) is 29.2 Å². The van der Waals surface area contributed by atoms with Gasteiger partial charge in [-0.25, -0.2) is 9.59 Å². The third kappa shape index (κ3) is 33.1. The van der Waals surface area contributed by atoms with Gasteiger partial charge < -0.3 is 19.7 Å². The van der Waals surface area contributed by atoms with E-state index < -0.39 is 17.2 Å². The molecule has 0 atom stereocenters. The third-order valence-electron chi connectivity index (χ3n) is 1.59. The number of ether oxygens (including phenoxy) is 2.